The monoisotopic (exact) mass is 184 g/mol. The number of nitrogens with one attached hydrogen (secondary N) is 1. The van der Waals surface area contributed by atoms with Crippen LogP contribution in [0.4, 0.5) is 0 Å². The van der Waals surface area contributed by atoms with Crippen LogP contribution in [0.3, 0.4) is 0 Å². The molecule has 2 saturated heterocycles. The Labute approximate surface area is 78.2 Å². The third kappa shape index (κ3) is 2.00. The molecule has 0 aromatic rings. The van der Waals surface area contributed by atoms with Crippen LogP contribution in [-0.2, 0) is 9.63 Å². The summed E-state index contributed by atoms with van der Waals surface area (Å²) in [5.41, 5.74) is 0. The third-order valence-corrected chi connectivity index (χ3v) is 2.61. The van der Waals surface area contributed by atoms with Crippen molar-refractivity contribution in [3.63, 3.8) is 0 Å². The van der Waals surface area contributed by atoms with Crippen LogP contribution in [0, 0.1) is 0 Å². The number of amides is 1. The summed E-state index contributed by atoms with van der Waals surface area (Å²) < 4.78 is 0. The second-order valence-corrected chi connectivity index (χ2v) is 3.63. The van der Waals surface area contributed by atoms with Crippen LogP contribution in [0.5, 0.6) is 0 Å². The summed E-state index contributed by atoms with van der Waals surface area (Å²) in [7, 11) is 0. The fraction of sp³-hybridized carbons (Fsp3) is 0.889. The van der Waals surface area contributed by atoms with E-state index in [9.17, 15) is 4.79 Å². The zero-order valence-electron chi connectivity index (χ0n) is 7.79. The molecule has 0 saturated carbocycles. The van der Waals surface area contributed by atoms with Gasteiger partial charge in [0.05, 0.1) is 19.2 Å². The Morgan fingerprint density at radius 2 is 2.31 bits per heavy atom. The highest BCUT2D eigenvalue weighted by atomic mass is 16.7. The van der Waals surface area contributed by atoms with Crippen LogP contribution in [0.1, 0.15) is 25.7 Å². The Balaban J connectivity index is 1.87. The first-order chi connectivity index (χ1) is 6.38. The number of hydrogen-bond donors (Lipinski definition) is 1. The summed E-state index contributed by atoms with van der Waals surface area (Å²) in [5, 5.41) is 4.74. The number of hydroxylamine groups is 2. The van der Waals surface area contributed by atoms with Gasteiger partial charge < -0.3 is 5.32 Å². The van der Waals surface area contributed by atoms with Crippen LogP contribution in [0.25, 0.3) is 0 Å². The maximum absolute atomic E-state index is 11.7. The molecule has 13 heavy (non-hydrogen) atoms. The molecule has 4 nitrogen and oxygen atoms in total. The van der Waals surface area contributed by atoms with Crippen molar-refractivity contribution in [2.45, 2.75) is 31.7 Å². The van der Waals surface area contributed by atoms with Crippen molar-refractivity contribution in [3.8, 4) is 0 Å². The van der Waals surface area contributed by atoms with Crippen molar-refractivity contribution in [1.82, 2.24) is 10.4 Å². The van der Waals surface area contributed by atoms with E-state index in [4.69, 9.17) is 4.84 Å². The van der Waals surface area contributed by atoms with Crippen molar-refractivity contribution in [1.29, 1.82) is 0 Å². The molecule has 0 radical (unpaired) electrons. The van der Waals surface area contributed by atoms with Crippen LogP contribution in [0.2, 0.25) is 0 Å². The third-order valence-electron chi connectivity index (χ3n) is 2.61. The Morgan fingerprint density at radius 1 is 1.38 bits per heavy atom. The van der Waals surface area contributed by atoms with E-state index in [0.29, 0.717) is 6.61 Å². The van der Waals surface area contributed by atoms with E-state index in [1.54, 1.807) is 0 Å². The maximum Gasteiger partial charge on any atom is 0.263 e. The molecule has 1 atom stereocenters. The predicted molar refractivity (Wildman–Crippen MR) is 47.9 cm³/mol. The van der Waals surface area contributed by atoms with Crippen molar-refractivity contribution >= 4 is 5.91 Å². The van der Waals surface area contributed by atoms with E-state index < -0.39 is 0 Å². The van der Waals surface area contributed by atoms with E-state index >= 15 is 0 Å². The van der Waals surface area contributed by atoms with Gasteiger partial charge in [-0.05, 0) is 25.8 Å². The van der Waals surface area contributed by atoms with Gasteiger partial charge in [0.25, 0.3) is 5.91 Å². The van der Waals surface area contributed by atoms with Gasteiger partial charge in [0.1, 0.15) is 0 Å². The molecule has 0 aromatic carbocycles. The largest absolute Gasteiger partial charge is 0.306 e. The van der Waals surface area contributed by atoms with Gasteiger partial charge in [0.15, 0.2) is 0 Å². The van der Waals surface area contributed by atoms with E-state index in [-0.39, 0.29) is 11.9 Å². The highest BCUT2D eigenvalue weighted by Gasteiger charge is 2.28. The standard InChI is InChI=1S/C9H16N2O2/c12-9(11-6-3-7-13-11)8-4-1-2-5-10-8/h8,10H,1-7H2/t8-/m1/s1. The van der Waals surface area contributed by atoms with Crippen molar-refractivity contribution in [3.05, 3.63) is 0 Å². The molecule has 2 heterocycles. The number of piperidine rings is 1. The van der Waals surface area contributed by atoms with Crippen LogP contribution in [-0.4, -0.2) is 36.7 Å². The van der Waals surface area contributed by atoms with Crippen molar-refractivity contribution in [2.75, 3.05) is 19.7 Å². The van der Waals surface area contributed by atoms with Gasteiger partial charge in [0, 0.05) is 0 Å². The van der Waals surface area contributed by atoms with Gasteiger partial charge in [-0.15, -0.1) is 0 Å². The molecule has 74 valence electrons. The normalized spacial score (nSPS) is 29.2. The molecule has 0 aliphatic carbocycles. The molecular weight excluding hydrogens is 168 g/mol. The molecular formula is C9H16N2O2. The Bertz CT molecular complexity index is 184. The first-order valence-corrected chi connectivity index (χ1v) is 5.05. The van der Waals surface area contributed by atoms with Gasteiger partial charge in [-0.3, -0.25) is 9.63 Å². The first-order valence-electron chi connectivity index (χ1n) is 5.05. The van der Waals surface area contributed by atoms with Gasteiger partial charge in [-0.25, -0.2) is 5.06 Å². The van der Waals surface area contributed by atoms with E-state index in [0.717, 1.165) is 32.4 Å². The number of hydrogen-bond acceptors (Lipinski definition) is 3. The second kappa shape index (κ2) is 4.07. The number of rotatable bonds is 1. The predicted octanol–water partition coefficient (Wildman–Crippen LogP) is 0.292. The Morgan fingerprint density at radius 3 is 2.92 bits per heavy atom. The quantitative estimate of drug-likeness (QED) is 0.637. The molecule has 1 amide bonds. The average molecular weight is 184 g/mol. The van der Waals surface area contributed by atoms with E-state index in [1.165, 1.54) is 11.5 Å². The molecule has 0 aromatic heterocycles. The topological polar surface area (TPSA) is 41.6 Å². The Kier molecular flexibility index (Phi) is 2.80. The zero-order chi connectivity index (χ0) is 9.10. The molecule has 2 aliphatic rings. The Hall–Kier alpha value is -0.610. The van der Waals surface area contributed by atoms with Gasteiger partial charge in [-0.2, -0.15) is 0 Å². The van der Waals surface area contributed by atoms with E-state index in [2.05, 4.69) is 5.32 Å². The number of carbonyl (C=O) groups excluding carboxylic acids is 1. The zero-order valence-corrected chi connectivity index (χ0v) is 7.79. The lowest BCUT2D eigenvalue weighted by Crippen LogP contribution is -2.47. The molecule has 2 rings (SSSR count). The van der Waals surface area contributed by atoms with Crippen molar-refractivity contribution in [2.24, 2.45) is 0 Å². The van der Waals surface area contributed by atoms with Crippen LogP contribution >= 0.6 is 0 Å². The lowest BCUT2D eigenvalue weighted by Gasteiger charge is -2.25. The minimum Gasteiger partial charge on any atom is -0.306 e. The molecule has 0 bridgehead atoms. The minimum atomic E-state index is 0.00634. The summed E-state index contributed by atoms with van der Waals surface area (Å²) >= 11 is 0. The fourth-order valence-electron chi connectivity index (χ4n) is 1.86. The molecule has 2 fully saturated rings. The summed E-state index contributed by atoms with van der Waals surface area (Å²) in [6.45, 7) is 2.42. The number of carbonyl (C=O) groups is 1. The SMILES string of the molecule is O=C([C@H]1CCCCN1)N1CCCO1. The highest BCUT2D eigenvalue weighted by Crippen LogP contribution is 2.13. The summed E-state index contributed by atoms with van der Waals surface area (Å²) in [4.78, 5) is 17.0. The van der Waals surface area contributed by atoms with Crippen LogP contribution < -0.4 is 5.32 Å². The minimum absolute atomic E-state index is 0.00634. The lowest BCUT2D eigenvalue weighted by atomic mass is 10.0. The van der Waals surface area contributed by atoms with Crippen molar-refractivity contribution < 1.29 is 9.63 Å². The van der Waals surface area contributed by atoms with Crippen LogP contribution in [0.15, 0.2) is 0 Å². The van der Waals surface area contributed by atoms with Gasteiger partial charge >= 0.3 is 0 Å². The molecule has 2 aliphatic heterocycles. The maximum atomic E-state index is 11.7. The highest BCUT2D eigenvalue weighted by molar-refractivity contribution is 5.81. The summed E-state index contributed by atoms with van der Waals surface area (Å²) in [6.07, 6.45) is 4.26. The molecule has 0 spiro atoms. The first kappa shape index (κ1) is 8.97. The second-order valence-electron chi connectivity index (χ2n) is 3.63. The summed E-state index contributed by atoms with van der Waals surface area (Å²) in [5.74, 6) is 0.122. The molecule has 1 N–H and O–H groups in total. The number of nitrogens with zero attached hydrogens (tertiary/aromatic N) is 1. The smallest absolute Gasteiger partial charge is 0.263 e. The van der Waals surface area contributed by atoms with Gasteiger partial charge in [-0.1, -0.05) is 6.42 Å². The molecule has 4 heteroatoms. The summed E-state index contributed by atoms with van der Waals surface area (Å²) in [6, 6.07) is 0.00634. The lowest BCUT2D eigenvalue weighted by molar-refractivity contribution is -0.171. The average Bonchev–Trinajstić information content (AvgIpc) is 2.71. The molecule has 0 unspecified atom stereocenters. The van der Waals surface area contributed by atoms with Gasteiger partial charge in [0.2, 0.25) is 0 Å². The van der Waals surface area contributed by atoms with E-state index in [1.807, 2.05) is 0 Å². The fourth-order valence-corrected chi connectivity index (χ4v) is 1.86.